The van der Waals surface area contributed by atoms with Crippen molar-refractivity contribution in [2.45, 2.75) is 19.5 Å². The molecule has 2 aromatic heterocycles. The molecule has 0 saturated carbocycles. The van der Waals surface area contributed by atoms with Crippen LogP contribution in [-0.4, -0.2) is 45.3 Å². The Morgan fingerprint density at radius 1 is 1.15 bits per heavy atom. The number of nitrogens with one attached hydrogen (secondary N) is 1. The van der Waals surface area contributed by atoms with Gasteiger partial charge in [0.25, 0.3) is 0 Å². The molecule has 0 aliphatic carbocycles. The van der Waals surface area contributed by atoms with Crippen molar-refractivity contribution in [2.75, 3.05) is 19.6 Å². The lowest BCUT2D eigenvalue weighted by molar-refractivity contribution is 0.200. The van der Waals surface area contributed by atoms with Crippen LogP contribution in [-0.2, 0) is 6.54 Å². The summed E-state index contributed by atoms with van der Waals surface area (Å²) < 4.78 is 1.98. The average Bonchev–Trinajstić information content (AvgIpc) is 3.07. The molecule has 3 aromatic rings. The number of pyridine rings is 1. The largest absolute Gasteiger partial charge is 0.312 e. The molecule has 1 fully saturated rings. The molecule has 0 spiro atoms. The molecule has 1 atom stereocenters. The second kappa shape index (κ2) is 8.45. The van der Waals surface area contributed by atoms with Gasteiger partial charge in [0.1, 0.15) is 0 Å². The van der Waals surface area contributed by atoms with Crippen molar-refractivity contribution in [3.05, 3.63) is 66.6 Å². The van der Waals surface area contributed by atoms with Crippen LogP contribution in [0.15, 0.2) is 61.1 Å². The molecule has 4 rings (SSSR count). The number of hydrogen-bond donors (Lipinski definition) is 1. The third-order valence-electron chi connectivity index (χ3n) is 4.59. The normalized spacial score (nSPS) is 17.7. The fourth-order valence-electron chi connectivity index (χ4n) is 3.38. The number of piperazine rings is 1. The van der Waals surface area contributed by atoms with E-state index in [2.05, 4.69) is 46.5 Å². The molecule has 5 nitrogen and oxygen atoms in total. The lowest BCUT2D eigenvalue weighted by Gasteiger charge is -2.31. The van der Waals surface area contributed by atoms with E-state index in [-0.39, 0.29) is 12.4 Å². The highest BCUT2D eigenvalue weighted by atomic mass is 35.5. The van der Waals surface area contributed by atoms with Crippen molar-refractivity contribution in [3.8, 4) is 16.9 Å². The summed E-state index contributed by atoms with van der Waals surface area (Å²) in [7, 11) is 0. The highest BCUT2D eigenvalue weighted by Crippen LogP contribution is 2.24. The molecule has 136 valence electrons. The van der Waals surface area contributed by atoms with Crippen molar-refractivity contribution < 1.29 is 0 Å². The first-order valence-corrected chi connectivity index (χ1v) is 8.80. The van der Waals surface area contributed by atoms with Gasteiger partial charge in [-0.25, -0.2) is 4.68 Å². The predicted molar refractivity (Wildman–Crippen MR) is 107 cm³/mol. The average molecular weight is 370 g/mol. The van der Waals surface area contributed by atoms with Crippen LogP contribution in [0.3, 0.4) is 0 Å². The highest BCUT2D eigenvalue weighted by Gasteiger charge is 2.19. The quantitative estimate of drug-likeness (QED) is 0.767. The molecule has 1 saturated heterocycles. The van der Waals surface area contributed by atoms with E-state index in [1.54, 1.807) is 6.20 Å². The Hall–Kier alpha value is -2.21. The lowest BCUT2D eigenvalue weighted by Crippen LogP contribution is -2.48. The molecule has 1 aromatic carbocycles. The van der Waals surface area contributed by atoms with E-state index < -0.39 is 0 Å². The Morgan fingerprint density at radius 3 is 2.73 bits per heavy atom. The zero-order valence-electron chi connectivity index (χ0n) is 14.9. The van der Waals surface area contributed by atoms with Crippen LogP contribution in [0, 0.1) is 0 Å². The molecule has 1 unspecified atom stereocenters. The number of hydrogen-bond acceptors (Lipinski definition) is 4. The van der Waals surface area contributed by atoms with Gasteiger partial charge >= 0.3 is 0 Å². The summed E-state index contributed by atoms with van der Waals surface area (Å²) in [6.45, 7) is 6.30. The minimum Gasteiger partial charge on any atom is -0.312 e. The minimum absolute atomic E-state index is 0. The van der Waals surface area contributed by atoms with Gasteiger partial charge in [0.15, 0.2) is 0 Å². The summed E-state index contributed by atoms with van der Waals surface area (Å²) in [5, 5.41) is 8.37. The number of aromatic nitrogens is 3. The van der Waals surface area contributed by atoms with Gasteiger partial charge in [-0.15, -0.1) is 12.4 Å². The third kappa shape index (κ3) is 4.12. The zero-order valence-corrected chi connectivity index (χ0v) is 15.7. The first-order chi connectivity index (χ1) is 12.3. The minimum atomic E-state index is 0. The van der Waals surface area contributed by atoms with Gasteiger partial charge in [-0.1, -0.05) is 18.2 Å². The molecule has 0 radical (unpaired) electrons. The van der Waals surface area contributed by atoms with Crippen LogP contribution in [0.4, 0.5) is 0 Å². The van der Waals surface area contributed by atoms with E-state index in [4.69, 9.17) is 5.10 Å². The first kappa shape index (κ1) is 18.6. The topological polar surface area (TPSA) is 46.0 Å². The van der Waals surface area contributed by atoms with Gasteiger partial charge in [0.2, 0.25) is 0 Å². The van der Waals surface area contributed by atoms with Gasteiger partial charge < -0.3 is 5.32 Å². The highest BCUT2D eigenvalue weighted by molar-refractivity contribution is 5.85. The lowest BCUT2D eigenvalue weighted by atomic mass is 10.1. The van der Waals surface area contributed by atoms with Crippen LogP contribution in [0.5, 0.6) is 0 Å². The molecule has 1 aliphatic rings. The van der Waals surface area contributed by atoms with Crippen molar-refractivity contribution in [1.82, 2.24) is 25.0 Å². The summed E-state index contributed by atoms with van der Waals surface area (Å²) in [5.41, 5.74) is 4.40. The number of halogens is 1. The number of nitrogens with zero attached hydrogens (tertiary/aromatic N) is 4. The van der Waals surface area contributed by atoms with Crippen LogP contribution in [0.1, 0.15) is 12.5 Å². The fourth-order valence-corrected chi connectivity index (χ4v) is 3.38. The molecule has 0 amide bonds. The van der Waals surface area contributed by atoms with Crippen LogP contribution < -0.4 is 5.32 Å². The number of benzene rings is 1. The fraction of sp³-hybridized carbons (Fsp3) is 0.300. The monoisotopic (exact) mass is 369 g/mol. The van der Waals surface area contributed by atoms with Crippen molar-refractivity contribution in [2.24, 2.45) is 0 Å². The van der Waals surface area contributed by atoms with Gasteiger partial charge in [-0.3, -0.25) is 9.88 Å². The van der Waals surface area contributed by atoms with Crippen molar-refractivity contribution >= 4 is 12.4 Å². The van der Waals surface area contributed by atoms with E-state index in [0.29, 0.717) is 6.04 Å². The maximum Gasteiger partial charge on any atom is 0.0988 e. The van der Waals surface area contributed by atoms with Crippen LogP contribution >= 0.6 is 12.4 Å². The Bertz CT molecular complexity index is 819. The predicted octanol–water partition coefficient (Wildman–Crippen LogP) is 3.15. The molecule has 1 aliphatic heterocycles. The SMILES string of the molecule is CC1CN(Cc2cn(-c3ccccc3)nc2-c2cccnc2)CCN1.Cl. The zero-order chi connectivity index (χ0) is 17.1. The third-order valence-corrected chi connectivity index (χ3v) is 4.59. The van der Waals surface area contributed by atoms with E-state index in [1.807, 2.05) is 35.1 Å². The van der Waals surface area contributed by atoms with E-state index in [1.165, 1.54) is 5.56 Å². The smallest absolute Gasteiger partial charge is 0.0988 e. The maximum atomic E-state index is 4.87. The van der Waals surface area contributed by atoms with E-state index in [0.717, 1.165) is 43.1 Å². The molecule has 0 bridgehead atoms. The standard InChI is InChI=1S/C20H23N5.ClH/c1-16-13-24(11-10-22-16)14-18-15-25(19-7-3-2-4-8-19)23-20(18)17-6-5-9-21-12-17;/h2-9,12,15-16,22H,10-11,13-14H2,1H3;1H. The molecule has 26 heavy (non-hydrogen) atoms. The van der Waals surface area contributed by atoms with Crippen molar-refractivity contribution in [1.29, 1.82) is 0 Å². The van der Waals surface area contributed by atoms with Crippen molar-refractivity contribution in [3.63, 3.8) is 0 Å². The van der Waals surface area contributed by atoms with Gasteiger partial charge in [0, 0.05) is 61.9 Å². The van der Waals surface area contributed by atoms with Gasteiger partial charge in [0.05, 0.1) is 11.4 Å². The summed E-state index contributed by atoms with van der Waals surface area (Å²) >= 11 is 0. The molecular weight excluding hydrogens is 346 g/mol. The second-order valence-corrected chi connectivity index (χ2v) is 6.62. The number of para-hydroxylation sites is 1. The van der Waals surface area contributed by atoms with E-state index >= 15 is 0 Å². The summed E-state index contributed by atoms with van der Waals surface area (Å²) in [4.78, 5) is 6.76. The summed E-state index contributed by atoms with van der Waals surface area (Å²) in [5.74, 6) is 0. The Balaban J connectivity index is 0.00000196. The first-order valence-electron chi connectivity index (χ1n) is 8.80. The van der Waals surface area contributed by atoms with Crippen LogP contribution in [0.2, 0.25) is 0 Å². The van der Waals surface area contributed by atoms with Gasteiger partial charge in [-0.05, 0) is 31.2 Å². The Kier molecular flexibility index (Phi) is 6.04. The summed E-state index contributed by atoms with van der Waals surface area (Å²) in [6.07, 6.45) is 5.85. The van der Waals surface area contributed by atoms with Crippen LogP contribution in [0.25, 0.3) is 16.9 Å². The van der Waals surface area contributed by atoms with Gasteiger partial charge in [-0.2, -0.15) is 5.10 Å². The summed E-state index contributed by atoms with van der Waals surface area (Å²) in [6, 6.07) is 14.8. The Morgan fingerprint density at radius 2 is 2.00 bits per heavy atom. The second-order valence-electron chi connectivity index (χ2n) is 6.62. The molecule has 6 heteroatoms. The molecule has 1 N–H and O–H groups in total. The van der Waals surface area contributed by atoms with E-state index in [9.17, 15) is 0 Å². The maximum absolute atomic E-state index is 4.87. The molecular formula is C20H24ClN5. The number of rotatable bonds is 4. The molecule has 3 heterocycles. The Labute approximate surface area is 160 Å².